The van der Waals surface area contributed by atoms with Gasteiger partial charge >= 0.3 is 0 Å². The maximum absolute atomic E-state index is 4.78. The SMILES string of the molecule is c1ccc(-c2csc3ncnc(N4CCC(CN5CCC(N6CCCCC6)C5)CC4)c23)cc1. The van der Waals surface area contributed by atoms with Gasteiger partial charge in [0.2, 0.25) is 0 Å². The Kier molecular flexibility index (Phi) is 6.31. The Balaban J connectivity index is 1.10. The van der Waals surface area contributed by atoms with Crippen LogP contribution in [0.3, 0.4) is 0 Å². The third-order valence-electron chi connectivity index (χ3n) is 8.02. The van der Waals surface area contributed by atoms with Crippen LogP contribution in [0.1, 0.15) is 38.5 Å². The number of fused-ring (bicyclic) bond motifs is 1. The molecule has 0 aliphatic carbocycles. The van der Waals surface area contributed by atoms with E-state index in [0.717, 1.165) is 35.7 Å². The minimum atomic E-state index is 0.815. The first-order chi connectivity index (χ1) is 16.3. The van der Waals surface area contributed by atoms with Crippen LogP contribution in [-0.4, -0.2) is 71.6 Å². The molecule has 3 aromatic rings. The minimum absolute atomic E-state index is 0.815. The topological polar surface area (TPSA) is 35.5 Å². The molecule has 1 unspecified atom stereocenters. The van der Waals surface area contributed by atoms with E-state index in [1.807, 2.05) is 0 Å². The molecule has 3 aliphatic heterocycles. The summed E-state index contributed by atoms with van der Waals surface area (Å²) >= 11 is 1.73. The van der Waals surface area contributed by atoms with E-state index in [-0.39, 0.29) is 0 Å². The summed E-state index contributed by atoms with van der Waals surface area (Å²) in [4.78, 5) is 18.5. The van der Waals surface area contributed by atoms with Crippen LogP contribution in [0.15, 0.2) is 42.0 Å². The fourth-order valence-electron chi connectivity index (χ4n) is 6.18. The lowest BCUT2D eigenvalue weighted by atomic mass is 9.96. The highest BCUT2D eigenvalue weighted by atomic mass is 32.1. The molecular formula is C27H35N5S. The van der Waals surface area contributed by atoms with E-state index >= 15 is 0 Å². The molecule has 6 heteroatoms. The molecule has 0 spiro atoms. The highest BCUT2D eigenvalue weighted by Crippen LogP contribution is 2.38. The van der Waals surface area contributed by atoms with Crippen molar-refractivity contribution in [3.63, 3.8) is 0 Å². The molecule has 1 atom stereocenters. The summed E-state index contributed by atoms with van der Waals surface area (Å²) in [5.74, 6) is 1.94. The summed E-state index contributed by atoms with van der Waals surface area (Å²) in [7, 11) is 0. The fourth-order valence-corrected chi connectivity index (χ4v) is 7.09. The lowest BCUT2D eigenvalue weighted by Gasteiger charge is -2.35. The lowest BCUT2D eigenvalue weighted by Crippen LogP contribution is -2.42. The van der Waals surface area contributed by atoms with Crippen molar-refractivity contribution >= 4 is 27.4 Å². The molecule has 5 nitrogen and oxygen atoms in total. The van der Waals surface area contributed by atoms with E-state index in [0.29, 0.717) is 0 Å². The van der Waals surface area contributed by atoms with Crippen LogP contribution in [0.2, 0.25) is 0 Å². The van der Waals surface area contributed by atoms with Crippen molar-refractivity contribution < 1.29 is 0 Å². The molecule has 0 bridgehead atoms. The Morgan fingerprint density at radius 1 is 0.879 bits per heavy atom. The molecule has 0 amide bonds. The number of piperidine rings is 2. The van der Waals surface area contributed by atoms with E-state index in [1.54, 1.807) is 17.7 Å². The van der Waals surface area contributed by atoms with Gasteiger partial charge in [0, 0.05) is 43.2 Å². The molecule has 0 N–H and O–H groups in total. The van der Waals surface area contributed by atoms with Gasteiger partial charge in [-0.05, 0) is 63.2 Å². The number of thiophene rings is 1. The van der Waals surface area contributed by atoms with E-state index < -0.39 is 0 Å². The Morgan fingerprint density at radius 3 is 2.52 bits per heavy atom. The average molecular weight is 462 g/mol. The largest absolute Gasteiger partial charge is 0.356 e. The normalized spacial score (nSPS) is 23.5. The standard InChI is InChI=1S/C27H35N5S/c1-3-7-22(8-4-1)24-19-33-27-25(24)26(28-20-29-27)32-15-9-21(10-16-32)17-30-14-11-23(18-30)31-12-5-2-6-13-31/h1,3-4,7-8,19-21,23H,2,5-6,9-18H2. The first kappa shape index (κ1) is 21.5. The van der Waals surface area contributed by atoms with Crippen LogP contribution in [-0.2, 0) is 0 Å². The summed E-state index contributed by atoms with van der Waals surface area (Å²) in [6, 6.07) is 11.5. The number of rotatable bonds is 5. The Hall–Kier alpha value is -2.02. The van der Waals surface area contributed by atoms with Crippen molar-refractivity contribution in [2.45, 2.75) is 44.6 Å². The minimum Gasteiger partial charge on any atom is -0.356 e. The van der Waals surface area contributed by atoms with Crippen molar-refractivity contribution in [2.24, 2.45) is 5.92 Å². The van der Waals surface area contributed by atoms with Gasteiger partial charge < -0.3 is 9.80 Å². The monoisotopic (exact) mass is 461 g/mol. The van der Waals surface area contributed by atoms with Crippen LogP contribution < -0.4 is 4.90 Å². The number of aromatic nitrogens is 2. The van der Waals surface area contributed by atoms with Crippen molar-refractivity contribution in [3.05, 3.63) is 42.0 Å². The smallest absolute Gasteiger partial charge is 0.141 e. The highest BCUT2D eigenvalue weighted by Gasteiger charge is 2.31. The molecule has 6 rings (SSSR count). The molecular weight excluding hydrogens is 426 g/mol. The van der Waals surface area contributed by atoms with Gasteiger partial charge in [-0.3, -0.25) is 4.90 Å². The van der Waals surface area contributed by atoms with Crippen LogP contribution in [0.4, 0.5) is 5.82 Å². The second-order valence-electron chi connectivity index (χ2n) is 10.1. The maximum Gasteiger partial charge on any atom is 0.141 e. The predicted octanol–water partition coefficient (Wildman–Crippen LogP) is 5.13. The van der Waals surface area contributed by atoms with E-state index in [1.165, 1.54) is 87.8 Å². The molecule has 0 radical (unpaired) electrons. The summed E-state index contributed by atoms with van der Waals surface area (Å²) < 4.78 is 0. The first-order valence-electron chi connectivity index (χ1n) is 12.8. The molecule has 2 aromatic heterocycles. The van der Waals surface area contributed by atoms with Gasteiger partial charge in [0.15, 0.2) is 0 Å². The van der Waals surface area contributed by atoms with E-state index in [2.05, 4.69) is 55.4 Å². The molecule has 3 fully saturated rings. The lowest BCUT2D eigenvalue weighted by molar-refractivity contribution is 0.156. The third-order valence-corrected chi connectivity index (χ3v) is 8.91. The van der Waals surface area contributed by atoms with Crippen LogP contribution in [0.25, 0.3) is 21.3 Å². The average Bonchev–Trinajstić information content (AvgIpc) is 3.53. The number of likely N-dealkylation sites (tertiary alicyclic amines) is 2. The van der Waals surface area contributed by atoms with Crippen molar-refractivity contribution in [2.75, 3.05) is 50.7 Å². The fraction of sp³-hybridized carbons (Fsp3) is 0.556. The van der Waals surface area contributed by atoms with Crippen LogP contribution >= 0.6 is 11.3 Å². The van der Waals surface area contributed by atoms with E-state index in [9.17, 15) is 0 Å². The van der Waals surface area contributed by atoms with Gasteiger partial charge in [-0.1, -0.05) is 36.8 Å². The van der Waals surface area contributed by atoms with Crippen molar-refractivity contribution in [1.82, 2.24) is 19.8 Å². The molecule has 0 saturated carbocycles. The number of benzene rings is 1. The summed E-state index contributed by atoms with van der Waals surface area (Å²) in [6.45, 7) is 8.74. The second-order valence-corrected chi connectivity index (χ2v) is 11.0. The zero-order valence-corrected chi connectivity index (χ0v) is 20.3. The maximum atomic E-state index is 4.78. The van der Waals surface area contributed by atoms with E-state index in [4.69, 9.17) is 4.98 Å². The Bertz CT molecular complexity index is 1050. The Labute approximate surface area is 201 Å². The first-order valence-corrected chi connectivity index (χ1v) is 13.7. The van der Waals surface area contributed by atoms with Crippen molar-refractivity contribution in [3.8, 4) is 11.1 Å². The number of anilines is 1. The second kappa shape index (κ2) is 9.69. The molecule has 5 heterocycles. The van der Waals surface area contributed by atoms with Gasteiger partial charge in [-0.2, -0.15) is 0 Å². The zero-order chi connectivity index (χ0) is 22.0. The molecule has 3 saturated heterocycles. The highest BCUT2D eigenvalue weighted by molar-refractivity contribution is 7.17. The number of nitrogens with zero attached hydrogens (tertiary/aromatic N) is 5. The summed E-state index contributed by atoms with van der Waals surface area (Å²) in [5, 5.41) is 3.48. The summed E-state index contributed by atoms with van der Waals surface area (Å²) in [6.07, 6.45) is 9.89. The molecule has 3 aliphatic rings. The van der Waals surface area contributed by atoms with Gasteiger partial charge in [0.05, 0.1) is 5.39 Å². The molecule has 174 valence electrons. The zero-order valence-electron chi connectivity index (χ0n) is 19.5. The van der Waals surface area contributed by atoms with Gasteiger partial charge in [-0.15, -0.1) is 11.3 Å². The molecule has 1 aromatic carbocycles. The summed E-state index contributed by atoms with van der Waals surface area (Å²) in [5.41, 5.74) is 2.53. The van der Waals surface area contributed by atoms with Crippen molar-refractivity contribution in [1.29, 1.82) is 0 Å². The van der Waals surface area contributed by atoms with Crippen LogP contribution in [0.5, 0.6) is 0 Å². The third kappa shape index (κ3) is 4.53. The predicted molar refractivity (Wildman–Crippen MR) is 138 cm³/mol. The van der Waals surface area contributed by atoms with Gasteiger partial charge in [-0.25, -0.2) is 9.97 Å². The van der Waals surface area contributed by atoms with Crippen LogP contribution in [0, 0.1) is 5.92 Å². The Morgan fingerprint density at radius 2 is 1.70 bits per heavy atom. The van der Waals surface area contributed by atoms with Gasteiger partial charge in [0.1, 0.15) is 17.0 Å². The number of hydrogen-bond acceptors (Lipinski definition) is 6. The number of hydrogen-bond donors (Lipinski definition) is 0. The quantitative estimate of drug-likeness (QED) is 0.526. The van der Waals surface area contributed by atoms with Gasteiger partial charge in [0.25, 0.3) is 0 Å². The molecule has 33 heavy (non-hydrogen) atoms.